The van der Waals surface area contributed by atoms with Crippen molar-refractivity contribution in [2.75, 3.05) is 0 Å². The van der Waals surface area contributed by atoms with Crippen molar-refractivity contribution in [1.82, 2.24) is 19.5 Å². The summed E-state index contributed by atoms with van der Waals surface area (Å²) in [5, 5.41) is 0. The van der Waals surface area contributed by atoms with Gasteiger partial charge in [-0.05, 0) is 29.8 Å². The van der Waals surface area contributed by atoms with E-state index < -0.39 is 0 Å². The molecule has 2 aromatic heterocycles. The van der Waals surface area contributed by atoms with Crippen molar-refractivity contribution in [3.63, 3.8) is 0 Å². The molecule has 6 heteroatoms. The van der Waals surface area contributed by atoms with Crippen LogP contribution in [0.5, 0.6) is 0 Å². The first-order valence-electron chi connectivity index (χ1n) is 6.99. The molecule has 2 aromatic carbocycles. The molecule has 4 rings (SSSR count). The Bertz CT molecular complexity index is 931. The van der Waals surface area contributed by atoms with E-state index in [4.69, 9.17) is 0 Å². The summed E-state index contributed by atoms with van der Waals surface area (Å²) < 4.78 is 15.9. The number of halogens is 1. The van der Waals surface area contributed by atoms with Gasteiger partial charge in [-0.25, -0.2) is 14.4 Å². The van der Waals surface area contributed by atoms with Crippen LogP contribution in [0.15, 0.2) is 61.2 Å². The minimum absolute atomic E-state index is 0. The quantitative estimate of drug-likeness (QED) is 0.631. The van der Waals surface area contributed by atoms with Crippen molar-refractivity contribution in [2.45, 2.75) is 6.54 Å². The van der Waals surface area contributed by atoms with Crippen molar-refractivity contribution in [3.8, 4) is 11.4 Å². The van der Waals surface area contributed by atoms with Gasteiger partial charge in [0.25, 0.3) is 0 Å². The van der Waals surface area contributed by atoms with Gasteiger partial charge < -0.3 is 15.0 Å². The van der Waals surface area contributed by atoms with Crippen molar-refractivity contribution in [3.05, 3.63) is 72.6 Å². The smallest absolute Gasteiger partial charge is 0.141 e. The highest BCUT2D eigenvalue weighted by Gasteiger charge is 2.09. The Morgan fingerprint density at radius 1 is 1.13 bits per heavy atom. The maximum atomic E-state index is 13.9. The van der Waals surface area contributed by atoms with Gasteiger partial charge in [-0.2, -0.15) is 0 Å². The van der Waals surface area contributed by atoms with Gasteiger partial charge >= 0.3 is 0 Å². The van der Waals surface area contributed by atoms with Gasteiger partial charge in [0.15, 0.2) is 0 Å². The highest BCUT2D eigenvalue weighted by molar-refractivity contribution is 5.80. The van der Waals surface area contributed by atoms with Gasteiger partial charge in [0, 0.05) is 18.9 Å². The van der Waals surface area contributed by atoms with Crippen LogP contribution >= 0.6 is 0 Å². The zero-order chi connectivity index (χ0) is 14.9. The highest BCUT2D eigenvalue weighted by atomic mass is 19.1. The standard InChI is InChI=1S/C17H13FN4.H2O/c18-14-4-2-1-3-13(14)17-20-15-6-5-12(9-16(15)21-17)10-22-8-7-19-11-22;/h1-9,11H,10H2,(H,20,21);1H2. The first-order valence-corrected chi connectivity index (χ1v) is 6.99. The van der Waals surface area contributed by atoms with E-state index in [9.17, 15) is 4.39 Å². The molecule has 0 aliphatic carbocycles. The van der Waals surface area contributed by atoms with Crippen LogP contribution in [0.3, 0.4) is 0 Å². The molecule has 5 nitrogen and oxygen atoms in total. The average molecular weight is 310 g/mol. The molecule has 0 spiro atoms. The molecule has 0 unspecified atom stereocenters. The lowest BCUT2D eigenvalue weighted by atomic mass is 10.2. The summed E-state index contributed by atoms with van der Waals surface area (Å²) in [6.45, 7) is 0.740. The molecule has 0 saturated heterocycles. The molecule has 0 atom stereocenters. The summed E-state index contributed by atoms with van der Waals surface area (Å²) >= 11 is 0. The molecule has 0 radical (unpaired) electrons. The van der Waals surface area contributed by atoms with Crippen LogP contribution < -0.4 is 0 Å². The third-order valence-electron chi connectivity index (χ3n) is 3.60. The second-order valence-corrected chi connectivity index (χ2v) is 5.15. The average Bonchev–Trinajstić information content (AvgIpc) is 3.16. The highest BCUT2D eigenvalue weighted by Crippen LogP contribution is 2.23. The van der Waals surface area contributed by atoms with Gasteiger partial charge in [0.1, 0.15) is 11.6 Å². The van der Waals surface area contributed by atoms with E-state index in [0.29, 0.717) is 11.4 Å². The van der Waals surface area contributed by atoms with Crippen LogP contribution in [0.1, 0.15) is 5.56 Å². The van der Waals surface area contributed by atoms with Gasteiger partial charge in [-0.3, -0.25) is 0 Å². The zero-order valence-electron chi connectivity index (χ0n) is 12.2. The van der Waals surface area contributed by atoms with Crippen LogP contribution in [0.4, 0.5) is 4.39 Å². The second kappa shape index (κ2) is 6.02. The van der Waals surface area contributed by atoms with Gasteiger partial charge in [-0.1, -0.05) is 18.2 Å². The number of hydrogen-bond acceptors (Lipinski definition) is 2. The van der Waals surface area contributed by atoms with Crippen molar-refractivity contribution in [1.29, 1.82) is 0 Å². The lowest BCUT2D eigenvalue weighted by Gasteiger charge is -2.01. The number of H-pyrrole nitrogens is 1. The summed E-state index contributed by atoms with van der Waals surface area (Å²) in [4.78, 5) is 11.7. The van der Waals surface area contributed by atoms with Gasteiger partial charge in [0.05, 0.1) is 22.9 Å². The lowest BCUT2D eigenvalue weighted by Crippen LogP contribution is -1.95. The number of rotatable bonds is 3. The molecule has 3 N–H and O–H groups in total. The fourth-order valence-corrected chi connectivity index (χ4v) is 2.53. The minimum Gasteiger partial charge on any atom is -0.412 e. The van der Waals surface area contributed by atoms with Crippen molar-refractivity contribution in [2.24, 2.45) is 0 Å². The van der Waals surface area contributed by atoms with E-state index in [1.54, 1.807) is 30.7 Å². The molecule has 0 amide bonds. The van der Waals surface area contributed by atoms with E-state index in [0.717, 1.165) is 23.1 Å². The Labute approximate surface area is 131 Å². The summed E-state index contributed by atoms with van der Waals surface area (Å²) in [6.07, 6.45) is 5.45. The molecule has 2 heterocycles. The first kappa shape index (κ1) is 14.9. The molecule has 0 fully saturated rings. The maximum absolute atomic E-state index is 13.9. The topological polar surface area (TPSA) is 78.0 Å². The molecular weight excluding hydrogens is 295 g/mol. The fraction of sp³-hybridized carbons (Fsp3) is 0.0588. The monoisotopic (exact) mass is 310 g/mol. The number of nitrogens with one attached hydrogen (secondary N) is 1. The number of nitrogens with zero attached hydrogens (tertiary/aromatic N) is 3. The molecular formula is C17H15FN4O. The molecule has 0 bridgehead atoms. The Balaban J connectivity index is 0.00000156. The van der Waals surface area contributed by atoms with Crippen LogP contribution in [-0.4, -0.2) is 25.0 Å². The van der Waals surface area contributed by atoms with Crippen LogP contribution in [0.2, 0.25) is 0 Å². The Kier molecular flexibility index (Phi) is 3.91. The molecule has 4 aromatic rings. The lowest BCUT2D eigenvalue weighted by molar-refractivity contribution is 0.630. The van der Waals surface area contributed by atoms with E-state index in [1.165, 1.54) is 6.07 Å². The van der Waals surface area contributed by atoms with E-state index >= 15 is 0 Å². The number of aromatic nitrogens is 4. The normalized spacial score (nSPS) is 10.7. The summed E-state index contributed by atoms with van der Waals surface area (Å²) in [5.41, 5.74) is 3.34. The van der Waals surface area contributed by atoms with Crippen LogP contribution in [0.25, 0.3) is 22.4 Å². The predicted molar refractivity (Wildman–Crippen MR) is 86.4 cm³/mol. The van der Waals surface area contributed by atoms with E-state index in [1.807, 2.05) is 29.0 Å². The largest absolute Gasteiger partial charge is 0.412 e. The number of imidazole rings is 2. The van der Waals surface area contributed by atoms with E-state index in [-0.39, 0.29) is 11.3 Å². The van der Waals surface area contributed by atoms with Crippen LogP contribution in [0, 0.1) is 5.82 Å². The Morgan fingerprint density at radius 2 is 2.00 bits per heavy atom. The molecule has 116 valence electrons. The Hall–Kier alpha value is -2.99. The Morgan fingerprint density at radius 3 is 2.78 bits per heavy atom. The first-order chi connectivity index (χ1) is 10.8. The maximum Gasteiger partial charge on any atom is 0.141 e. The minimum atomic E-state index is -0.278. The number of fused-ring (bicyclic) bond motifs is 1. The van der Waals surface area contributed by atoms with Gasteiger partial charge in [0.2, 0.25) is 0 Å². The zero-order valence-corrected chi connectivity index (χ0v) is 12.2. The third-order valence-corrected chi connectivity index (χ3v) is 3.60. The van der Waals surface area contributed by atoms with Gasteiger partial charge in [-0.15, -0.1) is 0 Å². The van der Waals surface area contributed by atoms with Crippen LogP contribution in [-0.2, 0) is 6.54 Å². The van der Waals surface area contributed by atoms with Crippen molar-refractivity contribution < 1.29 is 9.87 Å². The number of benzene rings is 2. The SMILES string of the molecule is Fc1ccccc1-c1nc2ccc(Cn3ccnc3)cc2[nH]1.O. The second-order valence-electron chi connectivity index (χ2n) is 5.15. The third kappa shape index (κ3) is 2.84. The van der Waals surface area contributed by atoms with Crippen molar-refractivity contribution >= 4 is 11.0 Å². The predicted octanol–water partition coefficient (Wildman–Crippen LogP) is 2.79. The summed E-state index contributed by atoms with van der Waals surface area (Å²) in [6, 6.07) is 12.6. The molecule has 0 saturated carbocycles. The summed E-state index contributed by atoms with van der Waals surface area (Å²) in [5.74, 6) is 0.271. The molecule has 0 aliphatic heterocycles. The molecule has 0 aliphatic rings. The van der Waals surface area contributed by atoms with E-state index in [2.05, 4.69) is 15.0 Å². The number of hydrogen-bond donors (Lipinski definition) is 1. The molecule has 23 heavy (non-hydrogen) atoms. The fourth-order valence-electron chi connectivity index (χ4n) is 2.53. The number of aromatic amines is 1. The summed E-state index contributed by atoms with van der Waals surface area (Å²) in [7, 11) is 0.